The van der Waals surface area contributed by atoms with Gasteiger partial charge in [-0.25, -0.2) is 0 Å². The summed E-state index contributed by atoms with van der Waals surface area (Å²) in [7, 11) is 0. The van der Waals surface area contributed by atoms with Gasteiger partial charge in [-0.15, -0.1) is 6.04 Å². The summed E-state index contributed by atoms with van der Waals surface area (Å²) in [6.07, 6.45) is -3.33. The molecule has 0 spiro atoms. The van der Waals surface area contributed by atoms with E-state index in [0.717, 1.165) is 0 Å². The normalized spacial score (nSPS) is 34.8. The summed E-state index contributed by atoms with van der Waals surface area (Å²) in [5.41, 5.74) is 6.38. The molecule has 1 aliphatic heterocycles. The van der Waals surface area contributed by atoms with E-state index in [2.05, 4.69) is 0 Å². The van der Waals surface area contributed by atoms with Crippen LogP contribution in [-0.2, 0) is 39.7 Å². The Labute approximate surface area is 265 Å². The van der Waals surface area contributed by atoms with E-state index in [1.165, 1.54) is 0 Å². The fraction of sp³-hybridized carbons (Fsp3) is 1.00. The van der Waals surface area contributed by atoms with Gasteiger partial charge in [0.05, 0.1) is 12.7 Å². The average Bonchev–Trinajstić information content (AvgIpc) is 2.08. The first-order valence-corrected chi connectivity index (χ1v) is 4.04. The maximum absolute atomic E-state index is 9.22. The van der Waals surface area contributed by atoms with Crippen molar-refractivity contribution in [2.75, 3.05) is 6.61 Å². The topological polar surface area (TPSA) is 93.7 Å². The van der Waals surface area contributed by atoms with Gasteiger partial charge in [0.25, 0.3) is 0 Å². The van der Waals surface area contributed by atoms with E-state index >= 15 is 0 Å². The molecule has 1 aliphatic rings. The summed E-state index contributed by atoms with van der Waals surface area (Å²) >= 11 is 4.69. The average molecular weight is 1300 g/mol. The van der Waals surface area contributed by atoms with Gasteiger partial charge in [-0.1, -0.05) is 5.44 Å². The Bertz CT molecular complexity index is 172. The van der Waals surface area contributed by atoms with Crippen LogP contribution in [0.4, 0.5) is 0 Å². The Morgan fingerprint density at radius 3 is 1.82 bits per heavy atom. The number of aliphatic hydroxyl groups is 3. The Morgan fingerprint density at radius 1 is 1.06 bits per heavy atom. The van der Waals surface area contributed by atoms with Gasteiger partial charge >= 0.3 is 22.4 Å². The number of aliphatic hydroxyl groups excluding tert-OH is 3. The molecule has 0 amide bonds. The molecule has 1 fully saturated rings. The van der Waals surface area contributed by atoms with Gasteiger partial charge in [0.2, 0.25) is 0 Å². The van der Waals surface area contributed by atoms with Gasteiger partial charge < -0.3 is 38.4 Å². The smallest absolute Gasteiger partial charge is 0.763 e. The summed E-state index contributed by atoms with van der Waals surface area (Å²) in [5, 5.41) is 27.1. The zero-order valence-corrected chi connectivity index (χ0v) is 30.8. The molecule has 0 aliphatic carbocycles. The zero-order valence-electron chi connectivity index (χ0n) is 8.86. The first-order chi connectivity index (χ1) is 5.57. The number of rotatable bonds is 1. The van der Waals surface area contributed by atoms with Crippen LogP contribution in [-0.4, -0.2) is 51.7 Å². The van der Waals surface area contributed by atoms with Crippen LogP contribution in [0.5, 0.6) is 0 Å². The molecule has 11 heteroatoms. The fourth-order valence-electron chi connectivity index (χ4n) is 1.08. The molecule has 94 valence electrons. The van der Waals surface area contributed by atoms with Crippen LogP contribution in [0.15, 0.2) is 0 Å². The molecule has 0 bridgehead atoms. The molecule has 4 N–H and O–H groups in total. The number of hydrogen-bond donors (Lipinski definition) is 3. The molecule has 5 unspecified atom stereocenters. The number of ether oxygens (including phenoxy) is 1. The predicted octanol–water partition coefficient (Wildman–Crippen LogP) is -1.61. The maximum Gasteiger partial charge on any atom is 1.00 e. The van der Waals surface area contributed by atoms with Gasteiger partial charge in [-0.3, -0.25) is 0 Å². The molecular weight excluding hydrogens is 1290 g/mol. The molecule has 0 saturated carbocycles. The van der Waals surface area contributed by atoms with E-state index in [4.69, 9.17) is 28.2 Å². The molecule has 5 nitrogen and oxygen atoms in total. The Morgan fingerprint density at radius 2 is 1.47 bits per heavy atom. The second-order valence-corrected chi connectivity index (χ2v) is 3.20. The molecule has 1 heterocycles. The summed E-state index contributed by atoms with van der Waals surface area (Å²) in [5.74, 6) is 0. The molecule has 0 aromatic carbocycles. The van der Waals surface area contributed by atoms with Gasteiger partial charge in [0.1, 0.15) is 12.2 Å². The molecule has 0 aromatic rings. The van der Waals surface area contributed by atoms with Crippen molar-refractivity contribution in [2.24, 2.45) is 0 Å². The third-order valence-corrected chi connectivity index (χ3v) is 2.29. The van der Waals surface area contributed by atoms with Gasteiger partial charge in [0, 0.05) is 176 Å². The molecule has 1 rings (SSSR count). The largest absolute Gasteiger partial charge is 1.00 e. The van der Waals surface area contributed by atoms with Crippen LogP contribution >= 0.6 is 0 Å². The van der Waals surface area contributed by atoms with Crippen LogP contribution in [0.3, 0.4) is 0 Å². The summed E-state index contributed by atoms with van der Waals surface area (Å²) in [6, 6.07) is -1.03. The van der Waals surface area contributed by atoms with Crippen molar-refractivity contribution < 1.29 is 219 Å². The maximum atomic E-state index is 9.22. The standard InChI is InChI=1S/C6H12NO4S.4Ac.Au/c7-3-5(10)4(9)2(1-8)11-6(3)12;;;;;/h2-10,12H,1H2;;;;;/q-1;;;;;+1/p-1. The van der Waals surface area contributed by atoms with Crippen LogP contribution in [0, 0.1) is 176 Å². The Balaban J connectivity index is -0.0000000960. The molecule has 17 heavy (non-hydrogen) atoms. The van der Waals surface area contributed by atoms with Gasteiger partial charge in [-0.2, -0.15) is 0 Å². The summed E-state index contributed by atoms with van der Waals surface area (Å²) < 4.78 is 4.90. The number of nitrogens with one attached hydrogen (secondary N) is 1. The van der Waals surface area contributed by atoms with Gasteiger partial charge in [-0.05, 0) is 0 Å². The predicted molar refractivity (Wildman–Crippen MR) is 43.2 cm³/mol. The van der Waals surface area contributed by atoms with Crippen molar-refractivity contribution in [2.45, 2.75) is 29.8 Å². The summed E-state index contributed by atoms with van der Waals surface area (Å²) in [4.78, 5) is 0. The quantitative estimate of drug-likeness (QED) is 0.218. The van der Waals surface area contributed by atoms with Crippen molar-refractivity contribution in [1.29, 1.82) is 0 Å². The van der Waals surface area contributed by atoms with Crippen LogP contribution < -0.4 is 0 Å². The molecule has 5 atom stereocenters. The minimum Gasteiger partial charge on any atom is -0.763 e. The molecule has 1 saturated heterocycles. The monoisotopic (exact) mass is 1300 g/mol. The Kier molecular flexibility index (Phi) is 39.0. The second kappa shape index (κ2) is 19.0. The van der Waals surface area contributed by atoms with E-state index in [-0.39, 0.29) is 199 Å². The van der Waals surface area contributed by atoms with Crippen LogP contribution in [0.25, 0.3) is 5.73 Å². The van der Waals surface area contributed by atoms with E-state index in [0.29, 0.717) is 0 Å². The molecule has 4 radical (unpaired) electrons. The third kappa shape index (κ3) is 11.8. The van der Waals surface area contributed by atoms with Crippen molar-refractivity contribution >= 4 is 12.6 Å². The first kappa shape index (κ1) is 34.9. The number of hydrogen-bond acceptors (Lipinski definition) is 5. The van der Waals surface area contributed by atoms with E-state index in [1.54, 1.807) is 0 Å². The second-order valence-electron chi connectivity index (χ2n) is 2.73. The minimum absolute atomic E-state index is 0. The van der Waals surface area contributed by atoms with Gasteiger partial charge in [0.15, 0.2) is 0 Å². The van der Waals surface area contributed by atoms with Crippen molar-refractivity contribution in [3.05, 3.63) is 5.73 Å². The van der Waals surface area contributed by atoms with Crippen LogP contribution in [0.1, 0.15) is 0 Å². The molecule has 0 aromatic heterocycles. The fourth-order valence-corrected chi connectivity index (χ4v) is 1.39. The zero-order chi connectivity index (χ0) is 9.30. The molecular formula is C6H11Ac4AuNO4S-. The summed E-state index contributed by atoms with van der Waals surface area (Å²) in [6.45, 7) is -0.405. The van der Waals surface area contributed by atoms with Crippen molar-refractivity contribution in [3.8, 4) is 0 Å². The minimum atomic E-state index is -1.24. The van der Waals surface area contributed by atoms with Crippen molar-refractivity contribution in [3.63, 3.8) is 0 Å². The SMILES string of the molecule is [Ac].[Ac].[Ac].[Ac].[Au+].[NH-]C1C([S-])OC(CO)C(O)C1O. The van der Waals surface area contributed by atoms with E-state index in [9.17, 15) is 10.2 Å². The van der Waals surface area contributed by atoms with Crippen LogP contribution in [0.2, 0.25) is 0 Å². The van der Waals surface area contributed by atoms with Crippen molar-refractivity contribution in [1.82, 2.24) is 0 Å². The third-order valence-electron chi connectivity index (χ3n) is 1.88. The Hall–Kier alpha value is 6.66. The van der Waals surface area contributed by atoms with E-state index in [1.807, 2.05) is 0 Å². The first-order valence-electron chi connectivity index (χ1n) is 3.57. The van der Waals surface area contributed by atoms with E-state index < -0.39 is 36.4 Å².